The Hall–Kier alpha value is -3.40. The van der Waals surface area contributed by atoms with E-state index in [4.69, 9.17) is 11.5 Å². The molecule has 8 N–H and O–H groups in total. The lowest BCUT2D eigenvalue weighted by Crippen LogP contribution is -2.55. The first-order valence-corrected chi connectivity index (χ1v) is 10.0. The number of aliphatic carboxylic acids is 1. The summed E-state index contributed by atoms with van der Waals surface area (Å²) in [5.74, 6) is -3.25. The topological polar surface area (TPSA) is 180 Å². The minimum atomic E-state index is -1.20. The molecule has 3 atom stereocenters. The molecule has 0 aliphatic heterocycles. The quantitative estimate of drug-likeness (QED) is 0.291. The van der Waals surface area contributed by atoms with E-state index >= 15 is 0 Å². The molecule has 168 valence electrons. The van der Waals surface area contributed by atoms with Gasteiger partial charge in [0.25, 0.3) is 0 Å². The van der Waals surface area contributed by atoms with Gasteiger partial charge >= 0.3 is 5.97 Å². The minimum Gasteiger partial charge on any atom is -0.480 e. The summed E-state index contributed by atoms with van der Waals surface area (Å²) in [5.41, 5.74) is 12.3. The van der Waals surface area contributed by atoms with Crippen molar-refractivity contribution < 1.29 is 24.3 Å². The number of fused-ring (bicyclic) bond motifs is 1. The van der Waals surface area contributed by atoms with Crippen LogP contribution in [0, 0.1) is 5.92 Å². The van der Waals surface area contributed by atoms with E-state index in [0.29, 0.717) is 0 Å². The first kappa shape index (κ1) is 23.9. The summed E-state index contributed by atoms with van der Waals surface area (Å²) in [6.45, 7) is 3.72. The van der Waals surface area contributed by atoms with Crippen LogP contribution in [-0.4, -0.2) is 51.9 Å². The van der Waals surface area contributed by atoms with Gasteiger partial charge in [-0.15, -0.1) is 0 Å². The third kappa shape index (κ3) is 6.82. The molecule has 0 saturated carbocycles. The lowest BCUT2D eigenvalue weighted by Gasteiger charge is -2.24. The van der Waals surface area contributed by atoms with Gasteiger partial charge in [-0.1, -0.05) is 32.0 Å². The molecule has 0 aliphatic carbocycles. The molecule has 10 nitrogen and oxygen atoms in total. The van der Waals surface area contributed by atoms with Crippen molar-refractivity contribution in [3.8, 4) is 0 Å². The zero-order valence-electron chi connectivity index (χ0n) is 17.6. The highest BCUT2D eigenvalue weighted by Crippen LogP contribution is 2.19. The van der Waals surface area contributed by atoms with Gasteiger partial charge < -0.3 is 32.2 Å². The van der Waals surface area contributed by atoms with Crippen LogP contribution in [0.2, 0.25) is 0 Å². The number of amides is 3. The predicted octanol–water partition coefficient (Wildman–Crippen LogP) is 0.0134. The molecule has 3 amide bonds. The Labute approximate surface area is 179 Å². The Kier molecular flexibility index (Phi) is 8.14. The Bertz CT molecular complexity index is 955. The van der Waals surface area contributed by atoms with E-state index in [1.54, 1.807) is 6.20 Å². The van der Waals surface area contributed by atoms with E-state index in [1.807, 2.05) is 38.1 Å². The van der Waals surface area contributed by atoms with Gasteiger partial charge in [0.05, 0.1) is 12.5 Å². The Morgan fingerprint density at radius 3 is 2.32 bits per heavy atom. The smallest absolute Gasteiger partial charge is 0.326 e. The Balaban J connectivity index is 2.13. The fraction of sp³-hybridized carbons (Fsp3) is 0.429. The monoisotopic (exact) mass is 431 g/mol. The number of carboxylic acid groups (broad SMARTS) is 1. The number of benzene rings is 1. The molecule has 10 heteroatoms. The number of primary amides is 1. The van der Waals surface area contributed by atoms with Gasteiger partial charge in [0, 0.05) is 23.5 Å². The number of rotatable bonds is 11. The van der Waals surface area contributed by atoms with Crippen molar-refractivity contribution in [1.29, 1.82) is 0 Å². The molecule has 0 spiro atoms. The van der Waals surface area contributed by atoms with Gasteiger partial charge in [-0.25, -0.2) is 4.79 Å². The van der Waals surface area contributed by atoms with Crippen molar-refractivity contribution in [1.82, 2.24) is 15.6 Å². The van der Waals surface area contributed by atoms with Crippen molar-refractivity contribution in [2.75, 3.05) is 0 Å². The normalized spacial score (nSPS) is 14.1. The lowest BCUT2D eigenvalue weighted by molar-refractivity contribution is -0.142. The number of carbonyl (C=O) groups excluding carboxylic acids is 3. The zero-order chi connectivity index (χ0) is 23.1. The summed E-state index contributed by atoms with van der Waals surface area (Å²) in [4.78, 5) is 51.0. The lowest BCUT2D eigenvalue weighted by atomic mass is 10.0. The van der Waals surface area contributed by atoms with E-state index in [1.165, 1.54) is 0 Å². The number of aromatic amines is 1. The fourth-order valence-corrected chi connectivity index (χ4v) is 3.28. The molecular weight excluding hydrogens is 402 g/mol. The highest BCUT2D eigenvalue weighted by atomic mass is 16.4. The van der Waals surface area contributed by atoms with Gasteiger partial charge in [-0.05, 0) is 24.0 Å². The van der Waals surface area contributed by atoms with Crippen LogP contribution in [0.3, 0.4) is 0 Å². The summed E-state index contributed by atoms with van der Waals surface area (Å²) >= 11 is 0. The molecule has 2 aromatic rings. The van der Waals surface area contributed by atoms with Crippen LogP contribution in [0.4, 0.5) is 0 Å². The molecule has 1 heterocycles. The first-order valence-electron chi connectivity index (χ1n) is 10.0. The Morgan fingerprint density at radius 1 is 1.06 bits per heavy atom. The van der Waals surface area contributed by atoms with Crippen LogP contribution in [-0.2, 0) is 25.6 Å². The SMILES string of the molecule is CC(C)CC(NC(=O)C(N)CC(N)=O)C(=O)NC(Cc1c[nH]c2ccccc12)C(=O)O. The minimum absolute atomic E-state index is 0.0281. The van der Waals surface area contributed by atoms with Crippen LogP contribution in [0.1, 0.15) is 32.3 Å². The van der Waals surface area contributed by atoms with Crippen LogP contribution in [0.5, 0.6) is 0 Å². The number of nitrogens with one attached hydrogen (secondary N) is 3. The van der Waals surface area contributed by atoms with Crippen molar-refractivity contribution in [3.63, 3.8) is 0 Å². The third-order valence-corrected chi connectivity index (χ3v) is 4.81. The van der Waals surface area contributed by atoms with Crippen molar-refractivity contribution in [2.45, 2.75) is 51.2 Å². The fourth-order valence-electron chi connectivity index (χ4n) is 3.28. The molecule has 0 saturated heterocycles. The molecule has 31 heavy (non-hydrogen) atoms. The number of carbonyl (C=O) groups is 4. The number of aromatic nitrogens is 1. The van der Waals surface area contributed by atoms with E-state index in [9.17, 15) is 24.3 Å². The number of carboxylic acids is 1. The van der Waals surface area contributed by atoms with Gasteiger partial charge in [-0.3, -0.25) is 14.4 Å². The number of hydrogen-bond donors (Lipinski definition) is 6. The number of H-pyrrole nitrogens is 1. The second-order valence-corrected chi connectivity index (χ2v) is 7.93. The van der Waals surface area contributed by atoms with Crippen LogP contribution < -0.4 is 22.1 Å². The number of hydrogen-bond acceptors (Lipinski definition) is 5. The predicted molar refractivity (Wildman–Crippen MR) is 115 cm³/mol. The standard InChI is InChI=1S/C21H29N5O5/c1-11(2)7-16(25-19(28)14(22)9-18(23)27)20(29)26-17(21(30)31)8-12-10-24-15-6-4-3-5-13(12)15/h3-6,10-11,14,16-17,24H,7-9,22H2,1-2H3,(H2,23,27)(H,25,28)(H,26,29)(H,30,31). The van der Waals surface area contributed by atoms with Gasteiger partial charge in [0.1, 0.15) is 12.1 Å². The molecule has 0 radical (unpaired) electrons. The van der Waals surface area contributed by atoms with Crippen molar-refractivity contribution in [2.24, 2.45) is 17.4 Å². The largest absolute Gasteiger partial charge is 0.480 e. The summed E-state index contributed by atoms with van der Waals surface area (Å²) in [7, 11) is 0. The second-order valence-electron chi connectivity index (χ2n) is 7.93. The van der Waals surface area contributed by atoms with E-state index < -0.39 is 41.8 Å². The van der Waals surface area contributed by atoms with Crippen LogP contribution in [0.15, 0.2) is 30.5 Å². The van der Waals surface area contributed by atoms with E-state index in [0.717, 1.165) is 16.5 Å². The molecule has 0 bridgehead atoms. The molecule has 1 aromatic carbocycles. The summed E-state index contributed by atoms with van der Waals surface area (Å²) in [6.07, 6.45) is 1.68. The van der Waals surface area contributed by atoms with Crippen molar-refractivity contribution >= 4 is 34.6 Å². The molecule has 3 unspecified atom stereocenters. The van der Waals surface area contributed by atoms with Crippen molar-refractivity contribution in [3.05, 3.63) is 36.0 Å². The summed E-state index contributed by atoms with van der Waals surface area (Å²) in [5, 5.41) is 15.5. The third-order valence-electron chi connectivity index (χ3n) is 4.81. The van der Waals surface area contributed by atoms with E-state index in [-0.39, 0.29) is 25.2 Å². The molecular formula is C21H29N5O5. The second kappa shape index (κ2) is 10.6. The summed E-state index contributed by atoms with van der Waals surface area (Å²) in [6, 6.07) is 4.05. The molecule has 0 fully saturated rings. The maximum absolute atomic E-state index is 12.8. The van der Waals surface area contributed by atoms with Crippen LogP contribution >= 0.6 is 0 Å². The highest BCUT2D eigenvalue weighted by Gasteiger charge is 2.29. The average Bonchev–Trinajstić information content (AvgIpc) is 3.08. The number of para-hydroxylation sites is 1. The maximum Gasteiger partial charge on any atom is 0.326 e. The van der Waals surface area contributed by atoms with Gasteiger partial charge in [0.2, 0.25) is 17.7 Å². The summed E-state index contributed by atoms with van der Waals surface area (Å²) < 4.78 is 0. The van der Waals surface area contributed by atoms with Crippen LogP contribution in [0.25, 0.3) is 10.9 Å². The highest BCUT2D eigenvalue weighted by molar-refractivity contribution is 5.93. The van der Waals surface area contributed by atoms with E-state index in [2.05, 4.69) is 15.6 Å². The molecule has 2 rings (SSSR count). The van der Waals surface area contributed by atoms with Gasteiger partial charge in [-0.2, -0.15) is 0 Å². The average molecular weight is 431 g/mol. The number of nitrogens with two attached hydrogens (primary N) is 2. The first-order chi connectivity index (χ1) is 14.6. The van der Waals surface area contributed by atoms with Gasteiger partial charge in [0.15, 0.2) is 0 Å². The maximum atomic E-state index is 12.8. The zero-order valence-corrected chi connectivity index (χ0v) is 17.6. The molecule has 0 aliphatic rings. The molecule has 1 aromatic heterocycles. The Morgan fingerprint density at radius 2 is 1.71 bits per heavy atom.